The molecular weight excluding hydrogens is 244 g/mol. The van der Waals surface area contributed by atoms with Crippen LogP contribution in [0.25, 0.3) is 0 Å². The summed E-state index contributed by atoms with van der Waals surface area (Å²) in [5.74, 6) is -3.09. The molecule has 0 spiro atoms. The number of carbonyl (C=O) groups is 2. The summed E-state index contributed by atoms with van der Waals surface area (Å²) in [6.07, 6.45) is 0.555. The van der Waals surface area contributed by atoms with Gasteiger partial charge in [-0.15, -0.1) is 0 Å². The van der Waals surface area contributed by atoms with Crippen molar-refractivity contribution in [3.63, 3.8) is 0 Å². The Hall–Kier alpha value is -1.98. The Balaban J connectivity index is 2.02. The standard InChI is InChI=1S/C12H11F2NO3/c13-8-1-2-9(14)7(5-8)6-15-10(16)12(3-4-12)11(17)18/h1-2,5H,3-4,6H2,(H,15,16)(H,17,18). The summed E-state index contributed by atoms with van der Waals surface area (Å²) >= 11 is 0. The van der Waals surface area contributed by atoms with Gasteiger partial charge in [-0.3, -0.25) is 9.59 Å². The summed E-state index contributed by atoms with van der Waals surface area (Å²) in [4.78, 5) is 22.5. The summed E-state index contributed by atoms with van der Waals surface area (Å²) in [6.45, 7) is -0.225. The van der Waals surface area contributed by atoms with Crippen molar-refractivity contribution in [1.29, 1.82) is 0 Å². The van der Waals surface area contributed by atoms with Crippen molar-refractivity contribution < 1.29 is 23.5 Å². The lowest BCUT2D eigenvalue weighted by molar-refractivity contribution is -0.149. The minimum absolute atomic E-state index is 0.00969. The van der Waals surface area contributed by atoms with Gasteiger partial charge in [-0.05, 0) is 31.0 Å². The Morgan fingerprint density at radius 2 is 2.00 bits per heavy atom. The van der Waals surface area contributed by atoms with Crippen LogP contribution in [0.3, 0.4) is 0 Å². The maximum atomic E-state index is 13.3. The van der Waals surface area contributed by atoms with E-state index < -0.39 is 28.9 Å². The lowest BCUT2D eigenvalue weighted by Crippen LogP contribution is -2.36. The molecule has 1 aromatic rings. The number of carboxylic acids is 1. The highest BCUT2D eigenvalue weighted by atomic mass is 19.1. The van der Waals surface area contributed by atoms with Gasteiger partial charge in [-0.1, -0.05) is 0 Å². The zero-order chi connectivity index (χ0) is 13.3. The van der Waals surface area contributed by atoms with Gasteiger partial charge in [-0.2, -0.15) is 0 Å². The van der Waals surface area contributed by atoms with E-state index in [0.29, 0.717) is 0 Å². The number of amides is 1. The highest BCUT2D eigenvalue weighted by Gasteiger charge is 2.56. The summed E-state index contributed by atoms with van der Waals surface area (Å²) < 4.78 is 26.1. The first kappa shape index (κ1) is 12.5. The van der Waals surface area contributed by atoms with E-state index >= 15 is 0 Å². The molecular formula is C12H11F2NO3. The topological polar surface area (TPSA) is 66.4 Å². The first-order valence-electron chi connectivity index (χ1n) is 5.41. The molecule has 1 amide bonds. The van der Waals surface area contributed by atoms with Crippen molar-refractivity contribution in [2.24, 2.45) is 5.41 Å². The van der Waals surface area contributed by atoms with Crippen LogP contribution in [-0.4, -0.2) is 17.0 Å². The van der Waals surface area contributed by atoms with Crippen LogP contribution in [0.4, 0.5) is 8.78 Å². The minimum atomic E-state index is -1.37. The molecule has 1 aromatic carbocycles. The Morgan fingerprint density at radius 1 is 1.33 bits per heavy atom. The maximum absolute atomic E-state index is 13.3. The molecule has 0 unspecified atom stereocenters. The average Bonchev–Trinajstić information content (AvgIpc) is 3.11. The van der Waals surface area contributed by atoms with Gasteiger partial charge < -0.3 is 10.4 Å². The van der Waals surface area contributed by atoms with E-state index in [2.05, 4.69) is 5.32 Å². The summed E-state index contributed by atoms with van der Waals surface area (Å²) in [5, 5.41) is 11.2. The van der Waals surface area contributed by atoms with E-state index in [1.165, 1.54) is 0 Å². The van der Waals surface area contributed by atoms with Gasteiger partial charge >= 0.3 is 5.97 Å². The molecule has 6 heteroatoms. The first-order chi connectivity index (χ1) is 8.45. The monoisotopic (exact) mass is 255 g/mol. The van der Waals surface area contributed by atoms with Crippen LogP contribution in [0.2, 0.25) is 0 Å². The third kappa shape index (κ3) is 2.18. The molecule has 0 saturated heterocycles. The number of benzene rings is 1. The van der Waals surface area contributed by atoms with Gasteiger partial charge in [0.1, 0.15) is 17.0 Å². The third-order valence-electron chi connectivity index (χ3n) is 3.04. The van der Waals surface area contributed by atoms with Crippen molar-refractivity contribution in [3.05, 3.63) is 35.4 Å². The summed E-state index contributed by atoms with van der Waals surface area (Å²) in [7, 11) is 0. The van der Waals surface area contributed by atoms with Gasteiger partial charge in [0.15, 0.2) is 0 Å². The molecule has 0 bridgehead atoms. The van der Waals surface area contributed by atoms with Gasteiger partial charge in [0.25, 0.3) is 0 Å². The molecule has 1 saturated carbocycles. The van der Waals surface area contributed by atoms with E-state index in [1.54, 1.807) is 0 Å². The number of hydrogen-bond acceptors (Lipinski definition) is 2. The number of carboxylic acid groups (broad SMARTS) is 1. The molecule has 0 atom stereocenters. The lowest BCUT2D eigenvalue weighted by atomic mass is 10.1. The molecule has 0 aromatic heterocycles. The number of carbonyl (C=O) groups excluding carboxylic acids is 1. The number of aliphatic carboxylic acids is 1. The Bertz CT molecular complexity index is 512. The predicted molar refractivity (Wildman–Crippen MR) is 57.5 cm³/mol. The van der Waals surface area contributed by atoms with Crippen molar-refractivity contribution in [3.8, 4) is 0 Å². The van der Waals surface area contributed by atoms with E-state index in [-0.39, 0.29) is 24.9 Å². The normalized spacial score (nSPS) is 16.1. The van der Waals surface area contributed by atoms with Crippen LogP contribution in [0.5, 0.6) is 0 Å². The molecule has 2 N–H and O–H groups in total. The van der Waals surface area contributed by atoms with Crippen LogP contribution in [-0.2, 0) is 16.1 Å². The first-order valence-corrected chi connectivity index (χ1v) is 5.41. The number of rotatable bonds is 4. The Kier molecular flexibility index (Phi) is 3.02. The molecule has 1 aliphatic carbocycles. The van der Waals surface area contributed by atoms with Gasteiger partial charge in [0.2, 0.25) is 5.91 Å². The van der Waals surface area contributed by atoms with Crippen LogP contribution in [0, 0.1) is 17.0 Å². The fourth-order valence-corrected chi connectivity index (χ4v) is 1.69. The second-order valence-electron chi connectivity index (χ2n) is 4.31. The van der Waals surface area contributed by atoms with Crippen molar-refractivity contribution >= 4 is 11.9 Å². The minimum Gasteiger partial charge on any atom is -0.480 e. The fraction of sp³-hybridized carbons (Fsp3) is 0.333. The Labute approximate surface area is 102 Å². The molecule has 18 heavy (non-hydrogen) atoms. The second-order valence-corrected chi connectivity index (χ2v) is 4.31. The van der Waals surface area contributed by atoms with Gasteiger partial charge in [-0.25, -0.2) is 8.78 Å². The van der Waals surface area contributed by atoms with Crippen molar-refractivity contribution in [1.82, 2.24) is 5.32 Å². The highest BCUT2D eigenvalue weighted by Crippen LogP contribution is 2.46. The van der Waals surface area contributed by atoms with Gasteiger partial charge in [0.05, 0.1) is 0 Å². The molecule has 0 radical (unpaired) electrons. The van der Waals surface area contributed by atoms with Crippen LogP contribution < -0.4 is 5.32 Å². The molecule has 96 valence electrons. The molecule has 0 aliphatic heterocycles. The zero-order valence-electron chi connectivity index (χ0n) is 9.37. The number of halogens is 2. The fourth-order valence-electron chi connectivity index (χ4n) is 1.69. The highest BCUT2D eigenvalue weighted by molar-refractivity contribution is 6.04. The smallest absolute Gasteiger partial charge is 0.319 e. The number of hydrogen-bond donors (Lipinski definition) is 2. The molecule has 2 rings (SSSR count). The zero-order valence-corrected chi connectivity index (χ0v) is 9.37. The van der Waals surface area contributed by atoms with Crippen LogP contribution in [0.1, 0.15) is 18.4 Å². The lowest BCUT2D eigenvalue weighted by Gasteiger charge is -2.11. The van der Waals surface area contributed by atoms with E-state index in [1.807, 2.05) is 0 Å². The van der Waals surface area contributed by atoms with Crippen molar-refractivity contribution in [2.45, 2.75) is 19.4 Å². The van der Waals surface area contributed by atoms with Crippen LogP contribution >= 0.6 is 0 Å². The van der Waals surface area contributed by atoms with Crippen molar-refractivity contribution in [2.75, 3.05) is 0 Å². The summed E-state index contributed by atoms with van der Waals surface area (Å²) in [6, 6.07) is 2.90. The van der Waals surface area contributed by atoms with Gasteiger partial charge in [0, 0.05) is 12.1 Å². The number of nitrogens with one attached hydrogen (secondary N) is 1. The molecule has 0 heterocycles. The van der Waals surface area contributed by atoms with Crippen LogP contribution in [0.15, 0.2) is 18.2 Å². The predicted octanol–water partition coefficient (Wildman–Crippen LogP) is 1.45. The molecule has 1 aliphatic rings. The van der Waals surface area contributed by atoms with E-state index in [0.717, 1.165) is 18.2 Å². The second kappa shape index (κ2) is 4.36. The molecule has 4 nitrogen and oxygen atoms in total. The largest absolute Gasteiger partial charge is 0.480 e. The average molecular weight is 255 g/mol. The quantitative estimate of drug-likeness (QED) is 0.800. The van der Waals surface area contributed by atoms with E-state index in [9.17, 15) is 18.4 Å². The SMILES string of the molecule is O=C(O)C1(C(=O)NCc2cc(F)ccc2F)CC1. The Morgan fingerprint density at radius 3 is 2.56 bits per heavy atom. The summed E-state index contributed by atoms with van der Waals surface area (Å²) in [5.41, 5.74) is -1.38. The maximum Gasteiger partial charge on any atom is 0.319 e. The third-order valence-corrected chi connectivity index (χ3v) is 3.04. The van der Waals surface area contributed by atoms with E-state index in [4.69, 9.17) is 5.11 Å². The molecule has 1 fully saturated rings.